The molecule has 0 aliphatic heterocycles. The predicted molar refractivity (Wildman–Crippen MR) is 163 cm³/mol. The molecule has 0 aromatic carbocycles. The van der Waals surface area contributed by atoms with Crippen molar-refractivity contribution in [3.63, 3.8) is 0 Å². The van der Waals surface area contributed by atoms with E-state index in [9.17, 15) is 0 Å². The van der Waals surface area contributed by atoms with E-state index in [2.05, 4.69) is 38.1 Å². The Bertz CT molecular complexity index is 654. The first-order valence-electron chi connectivity index (χ1n) is 12.8. The highest BCUT2D eigenvalue weighted by molar-refractivity contribution is 6.90. The molecule has 0 amide bonds. The molecule has 1 N–H and O–H groups in total. The van der Waals surface area contributed by atoms with Gasteiger partial charge < -0.3 is 43.9 Å². The molecule has 0 radical (unpaired) electrons. The van der Waals surface area contributed by atoms with Crippen LogP contribution in [0.5, 0.6) is 0 Å². The average molecular weight is 634 g/mol. The van der Waals surface area contributed by atoms with Crippen molar-refractivity contribution in [3.05, 3.63) is 12.3 Å². The number of hydrogen-bond donors (Lipinski definition) is 1. The van der Waals surface area contributed by atoms with E-state index in [1.807, 2.05) is 31.9 Å². The van der Waals surface area contributed by atoms with Crippen LogP contribution in [0.3, 0.4) is 0 Å². The van der Waals surface area contributed by atoms with Crippen LogP contribution in [0.15, 0.2) is 12.3 Å². The van der Waals surface area contributed by atoms with Gasteiger partial charge in [-0.25, -0.2) is 0 Å². The van der Waals surface area contributed by atoms with Crippen molar-refractivity contribution in [2.24, 2.45) is 0 Å². The minimum absolute atomic E-state index is 0.686. The Morgan fingerprint density at radius 3 is 1.27 bits per heavy atom. The topological polar surface area (TPSA) is 95.1 Å². The average Bonchev–Trinajstić information content (AvgIpc) is 2.78. The van der Waals surface area contributed by atoms with Gasteiger partial charge in [0.2, 0.25) is 0 Å². The third-order valence-electron chi connectivity index (χ3n) is 5.61. The van der Waals surface area contributed by atoms with Crippen LogP contribution in [0, 0.1) is 0 Å². The highest BCUT2D eigenvalue weighted by Crippen LogP contribution is 2.28. The predicted octanol–water partition coefficient (Wildman–Crippen LogP) is 4.57. The summed E-state index contributed by atoms with van der Waals surface area (Å²) < 4.78 is 54.3. The summed E-state index contributed by atoms with van der Waals surface area (Å²) in [5, 5.41) is 3.47. The van der Waals surface area contributed by atoms with Gasteiger partial charge in [-0.15, -0.1) is 6.58 Å². The lowest BCUT2D eigenvalue weighted by molar-refractivity contribution is 0.123. The SMILES string of the molecule is C=C[Si](C)(C)O[Si](C)(C)O[Si](C)(C)O[Si](C)(C)O[Si](CCCNCCC[Si](OC)(OC)OC)(OC)OC. The van der Waals surface area contributed by atoms with Crippen LogP contribution in [-0.2, 0) is 38.6 Å². The van der Waals surface area contributed by atoms with Crippen molar-refractivity contribution in [1.29, 1.82) is 0 Å². The van der Waals surface area contributed by atoms with Crippen LogP contribution in [-0.4, -0.2) is 100 Å². The quantitative estimate of drug-likeness (QED) is 0.135. The maximum Gasteiger partial charge on any atom is 0.500 e. The summed E-state index contributed by atoms with van der Waals surface area (Å²) in [4.78, 5) is 0. The lowest BCUT2D eigenvalue weighted by atomic mass is 10.4. The lowest BCUT2D eigenvalue weighted by Gasteiger charge is -2.42. The minimum atomic E-state index is -2.91. The van der Waals surface area contributed by atoms with E-state index in [1.165, 1.54) is 0 Å². The minimum Gasteiger partial charge on any atom is -0.433 e. The monoisotopic (exact) mass is 633 g/mol. The van der Waals surface area contributed by atoms with Crippen LogP contribution in [0.1, 0.15) is 12.8 Å². The number of hydrogen-bond acceptors (Lipinski definition) is 10. The van der Waals surface area contributed by atoms with Crippen LogP contribution in [0.2, 0.25) is 64.5 Å². The van der Waals surface area contributed by atoms with E-state index in [1.54, 1.807) is 35.5 Å². The Hall–Kier alpha value is 0.641. The van der Waals surface area contributed by atoms with Gasteiger partial charge in [0.15, 0.2) is 8.32 Å². The Morgan fingerprint density at radius 1 is 0.541 bits per heavy atom. The van der Waals surface area contributed by atoms with Crippen molar-refractivity contribution in [3.8, 4) is 0 Å². The number of nitrogens with one attached hydrogen (secondary N) is 1. The number of rotatable bonds is 22. The molecular weight excluding hydrogens is 579 g/mol. The van der Waals surface area contributed by atoms with E-state index >= 15 is 0 Å². The van der Waals surface area contributed by atoms with Crippen LogP contribution in [0.25, 0.3) is 0 Å². The van der Waals surface area contributed by atoms with Gasteiger partial charge in [-0.3, -0.25) is 0 Å². The standard InChI is InChI=1S/C21H55NO9Si6/c1-15-32(7,8)28-33(9,10)29-34(11,12)30-35(13,14)31-37(26-5,27-6)21-17-19-22-18-16-20-36(23-2,24-3)25-4/h15,22H,1,16-21H2,2-14H3. The van der Waals surface area contributed by atoms with E-state index in [0.717, 1.165) is 32.0 Å². The Morgan fingerprint density at radius 2 is 0.892 bits per heavy atom. The third kappa shape index (κ3) is 14.7. The van der Waals surface area contributed by atoms with Gasteiger partial charge in [-0.05, 0) is 78.3 Å². The zero-order valence-electron chi connectivity index (χ0n) is 25.7. The van der Waals surface area contributed by atoms with Gasteiger partial charge in [-0.2, -0.15) is 0 Å². The van der Waals surface area contributed by atoms with Crippen molar-refractivity contribution >= 4 is 51.6 Å². The maximum absolute atomic E-state index is 6.60. The molecule has 0 aromatic rings. The molecule has 0 unspecified atom stereocenters. The highest BCUT2D eigenvalue weighted by Gasteiger charge is 2.49. The lowest BCUT2D eigenvalue weighted by Crippen LogP contribution is -2.60. The van der Waals surface area contributed by atoms with Gasteiger partial charge in [0.05, 0.1) is 0 Å². The Labute approximate surface area is 233 Å². The molecule has 0 bridgehead atoms. The summed E-state index contributed by atoms with van der Waals surface area (Å²) in [5.41, 5.74) is 1.93. The molecule has 16 heteroatoms. The fourth-order valence-corrected chi connectivity index (χ4v) is 27.7. The summed E-state index contributed by atoms with van der Waals surface area (Å²) >= 11 is 0. The van der Waals surface area contributed by atoms with Crippen LogP contribution >= 0.6 is 0 Å². The molecule has 0 saturated carbocycles. The Balaban J connectivity index is 4.91. The van der Waals surface area contributed by atoms with Crippen molar-refractivity contribution < 1.29 is 38.6 Å². The van der Waals surface area contributed by atoms with E-state index < -0.39 is 51.6 Å². The van der Waals surface area contributed by atoms with E-state index in [-0.39, 0.29) is 0 Å². The fraction of sp³-hybridized carbons (Fsp3) is 0.905. The molecule has 0 fully saturated rings. The van der Waals surface area contributed by atoms with Gasteiger partial charge in [0, 0.05) is 47.6 Å². The van der Waals surface area contributed by atoms with Gasteiger partial charge in [0.1, 0.15) is 0 Å². The van der Waals surface area contributed by atoms with Crippen LogP contribution in [0.4, 0.5) is 0 Å². The maximum atomic E-state index is 6.60. The van der Waals surface area contributed by atoms with Gasteiger partial charge >= 0.3 is 43.3 Å². The van der Waals surface area contributed by atoms with Crippen LogP contribution < -0.4 is 5.32 Å². The molecule has 0 spiro atoms. The summed E-state index contributed by atoms with van der Waals surface area (Å²) in [5.74, 6) is 0. The third-order valence-corrected chi connectivity index (χ3v) is 26.8. The molecule has 0 atom stereocenters. The normalized spacial score (nSPS) is 14.3. The zero-order valence-corrected chi connectivity index (χ0v) is 31.7. The fourth-order valence-electron chi connectivity index (χ4n) is 4.26. The van der Waals surface area contributed by atoms with Gasteiger partial charge in [0.25, 0.3) is 0 Å². The molecule has 0 saturated heterocycles. The van der Waals surface area contributed by atoms with Crippen molar-refractivity contribution in [2.75, 3.05) is 48.6 Å². The summed E-state index contributed by atoms with van der Waals surface area (Å²) in [7, 11) is -6.80. The van der Waals surface area contributed by atoms with Gasteiger partial charge in [-0.1, -0.05) is 5.70 Å². The smallest absolute Gasteiger partial charge is 0.433 e. The molecule has 222 valence electrons. The first-order chi connectivity index (χ1) is 16.9. The molecule has 37 heavy (non-hydrogen) atoms. The zero-order chi connectivity index (χ0) is 29.0. The molecule has 0 aromatic heterocycles. The molecule has 0 heterocycles. The highest BCUT2D eigenvalue weighted by atomic mass is 28.5. The Kier molecular flexibility index (Phi) is 16.5. The first kappa shape index (κ1) is 37.6. The first-order valence-corrected chi connectivity index (χ1v) is 28.1. The second-order valence-corrected chi connectivity index (χ2v) is 31.8. The molecule has 0 rings (SSSR count). The van der Waals surface area contributed by atoms with Crippen molar-refractivity contribution in [1.82, 2.24) is 5.32 Å². The molecular formula is C21H55NO9Si6. The summed E-state index contributed by atoms with van der Waals surface area (Å²) in [6.07, 6.45) is 1.75. The second kappa shape index (κ2) is 16.2. The largest absolute Gasteiger partial charge is 0.500 e. The van der Waals surface area contributed by atoms with Crippen molar-refractivity contribution in [2.45, 2.75) is 77.3 Å². The van der Waals surface area contributed by atoms with E-state index in [0.29, 0.717) is 6.04 Å². The molecule has 0 aliphatic rings. The molecule has 0 aliphatic carbocycles. The second-order valence-electron chi connectivity index (χ2n) is 10.8. The molecule has 10 nitrogen and oxygen atoms in total. The summed E-state index contributed by atoms with van der Waals surface area (Å²) in [6, 6.07) is 1.45. The van der Waals surface area contributed by atoms with E-state index in [4.69, 9.17) is 38.6 Å². The summed E-state index contributed by atoms with van der Waals surface area (Å²) in [6.45, 7) is 22.1.